The number of carbonyl (C=O) groups is 1. The van der Waals surface area contributed by atoms with Crippen LogP contribution in [0.5, 0.6) is 0 Å². The van der Waals surface area contributed by atoms with Crippen molar-refractivity contribution >= 4 is 22.5 Å². The molecule has 3 aromatic rings. The Hall–Kier alpha value is -2.69. The number of amides is 1. The minimum atomic E-state index is -0.0836. The summed E-state index contributed by atoms with van der Waals surface area (Å²) in [6.45, 7) is 4.29. The molecular formula is C20H22N4O. The summed E-state index contributed by atoms with van der Waals surface area (Å²) >= 11 is 0. The molecule has 0 bridgehead atoms. The highest BCUT2D eigenvalue weighted by atomic mass is 16.1. The Bertz CT molecular complexity index is 926. The first kappa shape index (κ1) is 15.8. The van der Waals surface area contributed by atoms with Crippen LogP contribution in [0.25, 0.3) is 10.9 Å². The Morgan fingerprint density at radius 3 is 2.96 bits per heavy atom. The normalized spacial score (nSPS) is 15.3. The van der Waals surface area contributed by atoms with Crippen LogP contribution in [0.1, 0.15) is 61.1 Å². The van der Waals surface area contributed by atoms with Crippen molar-refractivity contribution in [3.05, 3.63) is 54.0 Å². The van der Waals surface area contributed by atoms with Crippen LogP contribution in [0.2, 0.25) is 0 Å². The van der Waals surface area contributed by atoms with Crippen LogP contribution >= 0.6 is 0 Å². The molecule has 4 rings (SSSR count). The fourth-order valence-electron chi connectivity index (χ4n) is 3.19. The van der Waals surface area contributed by atoms with Gasteiger partial charge < -0.3 is 5.32 Å². The highest BCUT2D eigenvalue weighted by Gasteiger charge is 2.33. The fraction of sp³-hybridized carbons (Fsp3) is 0.350. The van der Waals surface area contributed by atoms with Crippen molar-refractivity contribution < 1.29 is 4.79 Å². The van der Waals surface area contributed by atoms with Crippen LogP contribution in [0, 0.1) is 0 Å². The van der Waals surface area contributed by atoms with Crippen molar-refractivity contribution in [2.45, 2.75) is 45.1 Å². The van der Waals surface area contributed by atoms with Gasteiger partial charge in [0.1, 0.15) is 0 Å². The first-order valence-electron chi connectivity index (χ1n) is 8.91. The lowest BCUT2D eigenvalue weighted by Crippen LogP contribution is -2.16. The van der Waals surface area contributed by atoms with Gasteiger partial charge in [0.25, 0.3) is 5.91 Å². The fourth-order valence-corrected chi connectivity index (χ4v) is 3.19. The number of aromatic nitrogens is 3. The van der Waals surface area contributed by atoms with Crippen molar-refractivity contribution in [1.29, 1.82) is 0 Å². The maximum Gasteiger partial charge on any atom is 0.259 e. The number of benzene rings is 1. The second-order valence-corrected chi connectivity index (χ2v) is 6.78. The summed E-state index contributed by atoms with van der Waals surface area (Å²) in [6, 6.07) is 9.97. The van der Waals surface area contributed by atoms with E-state index in [4.69, 9.17) is 0 Å². The summed E-state index contributed by atoms with van der Waals surface area (Å²) in [5.74, 6) is 0.387. The van der Waals surface area contributed by atoms with Gasteiger partial charge in [-0.2, -0.15) is 5.10 Å². The van der Waals surface area contributed by atoms with Crippen molar-refractivity contribution in [1.82, 2.24) is 14.8 Å². The molecule has 0 aliphatic heterocycles. The average Bonchev–Trinajstić information content (AvgIpc) is 3.38. The second-order valence-electron chi connectivity index (χ2n) is 6.78. The molecule has 1 atom stereocenters. The van der Waals surface area contributed by atoms with E-state index in [1.807, 2.05) is 35.0 Å². The maximum atomic E-state index is 12.8. The van der Waals surface area contributed by atoms with Crippen molar-refractivity contribution in [3.8, 4) is 0 Å². The molecule has 1 amide bonds. The highest BCUT2D eigenvalue weighted by Crippen LogP contribution is 2.42. The van der Waals surface area contributed by atoms with E-state index >= 15 is 0 Å². The molecule has 1 saturated carbocycles. The summed E-state index contributed by atoms with van der Waals surface area (Å²) in [7, 11) is 0. The smallest absolute Gasteiger partial charge is 0.259 e. The van der Waals surface area contributed by atoms with E-state index in [2.05, 4.69) is 29.2 Å². The Kier molecular flexibility index (Phi) is 3.99. The van der Waals surface area contributed by atoms with E-state index in [0.29, 0.717) is 17.5 Å². The Balaban J connectivity index is 1.63. The number of nitrogens with one attached hydrogen (secondary N) is 1. The average molecular weight is 334 g/mol. The maximum absolute atomic E-state index is 12.8. The third-order valence-corrected chi connectivity index (χ3v) is 4.91. The van der Waals surface area contributed by atoms with Gasteiger partial charge >= 0.3 is 0 Å². The summed E-state index contributed by atoms with van der Waals surface area (Å²) in [6.07, 6.45) is 6.78. The van der Waals surface area contributed by atoms with E-state index in [-0.39, 0.29) is 5.91 Å². The molecule has 2 aromatic heterocycles. The van der Waals surface area contributed by atoms with Gasteiger partial charge in [-0.15, -0.1) is 0 Å². The molecule has 1 aliphatic rings. The van der Waals surface area contributed by atoms with E-state index in [1.165, 1.54) is 0 Å². The third-order valence-electron chi connectivity index (χ3n) is 4.91. The van der Waals surface area contributed by atoms with Gasteiger partial charge in [0.15, 0.2) is 0 Å². The molecule has 5 heteroatoms. The number of fused-ring (bicyclic) bond motifs is 1. The predicted octanol–water partition coefficient (Wildman–Crippen LogP) is 4.53. The molecule has 2 heterocycles. The first-order chi connectivity index (χ1) is 12.2. The SMILES string of the molecule is CCC(C)n1ncc(C(=O)Nc2ccc3ncccc3c2)c1C1CC1. The summed E-state index contributed by atoms with van der Waals surface area (Å²) < 4.78 is 2.04. The van der Waals surface area contributed by atoms with Crippen LogP contribution in [0.15, 0.2) is 42.7 Å². The zero-order valence-corrected chi connectivity index (χ0v) is 14.6. The number of nitrogens with zero attached hydrogens (tertiary/aromatic N) is 3. The summed E-state index contributed by atoms with van der Waals surface area (Å²) in [5, 5.41) is 8.54. The molecular weight excluding hydrogens is 312 g/mol. The van der Waals surface area contributed by atoms with Gasteiger partial charge in [0.2, 0.25) is 0 Å². The molecule has 1 unspecified atom stereocenters. The molecule has 1 aromatic carbocycles. The number of hydrogen-bond acceptors (Lipinski definition) is 3. The lowest BCUT2D eigenvalue weighted by atomic mass is 10.1. The first-order valence-corrected chi connectivity index (χ1v) is 8.91. The van der Waals surface area contributed by atoms with E-state index in [1.54, 1.807) is 12.4 Å². The minimum Gasteiger partial charge on any atom is -0.322 e. The van der Waals surface area contributed by atoms with Crippen LogP contribution in [-0.2, 0) is 0 Å². The zero-order valence-electron chi connectivity index (χ0n) is 14.6. The third kappa shape index (κ3) is 3.02. The number of hydrogen-bond donors (Lipinski definition) is 1. The topological polar surface area (TPSA) is 59.8 Å². The van der Waals surface area contributed by atoms with E-state index in [9.17, 15) is 4.79 Å². The Morgan fingerprint density at radius 2 is 2.20 bits per heavy atom. The van der Waals surface area contributed by atoms with Gasteiger partial charge in [0, 0.05) is 29.2 Å². The Morgan fingerprint density at radius 1 is 1.36 bits per heavy atom. The van der Waals surface area contributed by atoms with Gasteiger partial charge in [-0.05, 0) is 50.5 Å². The molecule has 0 spiro atoms. The minimum absolute atomic E-state index is 0.0836. The molecule has 0 saturated heterocycles. The Labute approximate surface area is 147 Å². The standard InChI is InChI=1S/C20H22N4O/c1-3-13(2)24-19(14-6-7-14)17(12-22-24)20(25)23-16-8-9-18-15(11-16)5-4-10-21-18/h4-5,8-14H,3,6-7H2,1-2H3,(H,23,25). The van der Waals surface area contributed by atoms with E-state index < -0.39 is 0 Å². The number of anilines is 1. The predicted molar refractivity (Wildman–Crippen MR) is 98.9 cm³/mol. The molecule has 0 radical (unpaired) electrons. The van der Waals surface area contributed by atoms with Crippen molar-refractivity contribution in [2.75, 3.05) is 5.32 Å². The van der Waals surface area contributed by atoms with Crippen LogP contribution in [-0.4, -0.2) is 20.7 Å². The highest BCUT2D eigenvalue weighted by molar-refractivity contribution is 6.05. The quantitative estimate of drug-likeness (QED) is 0.745. The lowest BCUT2D eigenvalue weighted by Gasteiger charge is -2.14. The molecule has 128 valence electrons. The molecule has 1 N–H and O–H groups in total. The lowest BCUT2D eigenvalue weighted by molar-refractivity contribution is 0.102. The number of rotatable bonds is 5. The molecule has 25 heavy (non-hydrogen) atoms. The molecule has 5 nitrogen and oxygen atoms in total. The van der Waals surface area contributed by atoms with Crippen LogP contribution in [0.4, 0.5) is 5.69 Å². The number of pyridine rings is 1. The van der Waals surface area contributed by atoms with E-state index in [0.717, 1.165) is 41.5 Å². The second kappa shape index (κ2) is 6.31. The van der Waals surface area contributed by atoms with Crippen molar-refractivity contribution in [3.63, 3.8) is 0 Å². The monoisotopic (exact) mass is 334 g/mol. The van der Waals surface area contributed by atoms with Gasteiger partial charge in [-0.3, -0.25) is 14.5 Å². The van der Waals surface area contributed by atoms with Crippen LogP contribution in [0.3, 0.4) is 0 Å². The van der Waals surface area contributed by atoms with Crippen LogP contribution < -0.4 is 5.32 Å². The van der Waals surface area contributed by atoms with Crippen molar-refractivity contribution in [2.24, 2.45) is 0 Å². The van der Waals surface area contributed by atoms with Gasteiger partial charge in [0.05, 0.1) is 23.0 Å². The van der Waals surface area contributed by atoms with Gasteiger partial charge in [-0.1, -0.05) is 13.0 Å². The summed E-state index contributed by atoms with van der Waals surface area (Å²) in [5.41, 5.74) is 3.50. The summed E-state index contributed by atoms with van der Waals surface area (Å²) in [4.78, 5) is 17.2. The molecule has 1 fully saturated rings. The number of carbonyl (C=O) groups excluding carboxylic acids is 1. The largest absolute Gasteiger partial charge is 0.322 e. The molecule has 1 aliphatic carbocycles. The zero-order chi connectivity index (χ0) is 17.4. The van der Waals surface area contributed by atoms with Gasteiger partial charge in [-0.25, -0.2) is 0 Å².